The number of carbonyl (C=O) groups excluding carboxylic acids is 1. The summed E-state index contributed by atoms with van der Waals surface area (Å²) in [6, 6.07) is 11.6. The Balaban J connectivity index is 1.87. The molecule has 0 amide bonds. The van der Waals surface area contributed by atoms with Crippen LogP contribution in [-0.2, 0) is 4.74 Å². The minimum absolute atomic E-state index is 0.0177. The van der Waals surface area contributed by atoms with E-state index in [0.29, 0.717) is 12.0 Å². The van der Waals surface area contributed by atoms with Crippen molar-refractivity contribution in [2.75, 3.05) is 20.6 Å². The van der Waals surface area contributed by atoms with E-state index in [4.69, 9.17) is 4.74 Å². The molecule has 0 spiro atoms. The molecule has 31 heavy (non-hydrogen) atoms. The normalized spacial score (nSPS) is 16.6. The first-order valence-corrected chi connectivity index (χ1v) is 10.8. The molecule has 1 N–H and O–H groups in total. The van der Waals surface area contributed by atoms with Crippen molar-refractivity contribution in [1.29, 1.82) is 0 Å². The molecule has 1 aliphatic rings. The summed E-state index contributed by atoms with van der Waals surface area (Å²) in [5.41, 5.74) is 0.800. The highest BCUT2D eigenvalue weighted by atomic mass is 19.1. The number of hydrogen-bond donors (Lipinski definition) is 1. The number of ether oxygens (including phenoxy) is 1. The van der Waals surface area contributed by atoms with Crippen LogP contribution >= 0.6 is 0 Å². The number of halogens is 1. The minimum Gasteiger partial charge on any atom is -0.454 e. The fraction of sp³-hybridized carbons (Fsp3) is 0.458. The molecule has 0 heterocycles. The van der Waals surface area contributed by atoms with E-state index in [2.05, 4.69) is 14.1 Å². The molecule has 166 valence electrons. The van der Waals surface area contributed by atoms with Gasteiger partial charge in [-0.25, -0.2) is 9.18 Å². The Morgan fingerprint density at radius 3 is 2.42 bits per heavy atom. The van der Waals surface area contributed by atoms with Gasteiger partial charge in [0.2, 0.25) is 0 Å². The molecule has 6 nitrogen and oxygen atoms in total. The molecule has 7 heteroatoms. The third kappa shape index (κ3) is 6.10. The molecule has 1 saturated carbocycles. The van der Waals surface area contributed by atoms with Crippen molar-refractivity contribution >= 4 is 11.7 Å². The number of benzene rings is 2. The van der Waals surface area contributed by atoms with Gasteiger partial charge in [0.1, 0.15) is 11.9 Å². The van der Waals surface area contributed by atoms with Crippen LogP contribution in [0.1, 0.15) is 60.6 Å². The maximum Gasteiger partial charge on any atom is 0.338 e. The maximum absolute atomic E-state index is 14.0. The van der Waals surface area contributed by atoms with Crippen LogP contribution in [0.2, 0.25) is 0 Å². The molecule has 3 rings (SSSR count). The Labute approximate surface area is 182 Å². The van der Waals surface area contributed by atoms with E-state index < -0.39 is 17.0 Å². The highest BCUT2D eigenvalue weighted by molar-refractivity contribution is 5.89. The minimum atomic E-state index is -0.587. The number of non-ortho nitro benzene ring substituents is 1. The predicted molar refractivity (Wildman–Crippen MR) is 115 cm³/mol. The average Bonchev–Trinajstić information content (AvgIpc) is 2.73. The molecular formula is C24H30FN2O4+. The number of nitrogens with zero attached hydrogens (tertiary/aromatic N) is 1. The summed E-state index contributed by atoms with van der Waals surface area (Å²) in [5.74, 6) is -0.933. The average molecular weight is 430 g/mol. The molecule has 1 atom stereocenters. The van der Waals surface area contributed by atoms with E-state index >= 15 is 0 Å². The summed E-state index contributed by atoms with van der Waals surface area (Å²) in [7, 11) is 4.24. The van der Waals surface area contributed by atoms with Gasteiger partial charge in [0.15, 0.2) is 0 Å². The summed E-state index contributed by atoms with van der Waals surface area (Å²) in [4.78, 5) is 24.6. The second-order valence-electron chi connectivity index (χ2n) is 8.90. The number of hydrogen-bond acceptors (Lipinski definition) is 4. The number of esters is 1. The van der Waals surface area contributed by atoms with E-state index in [1.165, 1.54) is 47.7 Å². The molecule has 0 saturated heterocycles. The van der Waals surface area contributed by atoms with Crippen molar-refractivity contribution in [3.8, 4) is 0 Å². The topological polar surface area (TPSA) is 73.9 Å². The second-order valence-corrected chi connectivity index (χ2v) is 8.90. The summed E-state index contributed by atoms with van der Waals surface area (Å²) in [5, 5.41) is 10.9. The lowest BCUT2D eigenvalue weighted by atomic mass is 9.69. The van der Waals surface area contributed by atoms with Gasteiger partial charge in [0.25, 0.3) is 5.69 Å². The molecule has 0 bridgehead atoms. The van der Waals surface area contributed by atoms with Crippen LogP contribution in [0.25, 0.3) is 0 Å². The van der Waals surface area contributed by atoms with Gasteiger partial charge in [-0.05, 0) is 49.1 Å². The van der Waals surface area contributed by atoms with Crippen molar-refractivity contribution in [3.63, 3.8) is 0 Å². The van der Waals surface area contributed by atoms with E-state index in [1.54, 1.807) is 12.1 Å². The van der Waals surface area contributed by atoms with Gasteiger partial charge >= 0.3 is 5.97 Å². The predicted octanol–water partition coefficient (Wildman–Crippen LogP) is 4.12. The lowest BCUT2D eigenvalue weighted by Gasteiger charge is -2.39. The summed E-state index contributed by atoms with van der Waals surface area (Å²) in [6.07, 6.45) is 5.63. The van der Waals surface area contributed by atoms with Crippen molar-refractivity contribution in [3.05, 3.63) is 75.6 Å². The Morgan fingerprint density at radius 2 is 1.84 bits per heavy atom. The van der Waals surface area contributed by atoms with Crippen molar-refractivity contribution < 1.29 is 23.7 Å². The monoisotopic (exact) mass is 429 g/mol. The van der Waals surface area contributed by atoms with Crippen LogP contribution in [0.3, 0.4) is 0 Å². The standard InChI is InChI=1S/C24H29FN2O4/c1-26(2)17-24(13-4-3-5-14-24)16-22(19-7-6-8-20(25)15-19)31-23(28)18-9-11-21(12-10-18)27(29)30/h6-12,15,22H,3-5,13-14,16-17H2,1-2H3/p+1/t22-/m0/s1. The van der Waals surface area contributed by atoms with Crippen LogP contribution in [0.5, 0.6) is 0 Å². The van der Waals surface area contributed by atoms with Crippen LogP contribution in [-0.4, -0.2) is 31.5 Å². The maximum atomic E-state index is 14.0. The largest absolute Gasteiger partial charge is 0.454 e. The number of rotatable bonds is 8. The Hall–Kier alpha value is -2.80. The van der Waals surface area contributed by atoms with Crippen molar-refractivity contribution in [2.24, 2.45) is 5.41 Å². The van der Waals surface area contributed by atoms with E-state index in [1.807, 2.05) is 0 Å². The second kappa shape index (κ2) is 10.0. The van der Waals surface area contributed by atoms with E-state index in [-0.39, 0.29) is 22.5 Å². The molecular weight excluding hydrogens is 399 g/mol. The van der Waals surface area contributed by atoms with Crippen LogP contribution in [0.15, 0.2) is 48.5 Å². The van der Waals surface area contributed by atoms with Crippen LogP contribution in [0.4, 0.5) is 10.1 Å². The summed E-state index contributed by atoms with van der Waals surface area (Å²) < 4.78 is 19.9. The number of carbonyl (C=O) groups is 1. The quantitative estimate of drug-likeness (QED) is 0.389. The van der Waals surface area contributed by atoms with Crippen LogP contribution in [0, 0.1) is 21.3 Å². The number of nitro benzene ring substituents is 1. The first kappa shape index (κ1) is 22.9. The third-order valence-electron chi connectivity index (χ3n) is 6.04. The third-order valence-corrected chi connectivity index (χ3v) is 6.04. The lowest BCUT2D eigenvalue weighted by molar-refractivity contribution is -0.866. The molecule has 2 aromatic rings. The highest BCUT2D eigenvalue weighted by Crippen LogP contribution is 2.43. The highest BCUT2D eigenvalue weighted by Gasteiger charge is 2.39. The fourth-order valence-electron chi connectivity index (χ4n) is 4.75. The van der Waals surface area contributed by atoms with Crippen molar-refractivity contribution in [2.45, 2.75) is 44.6 Å². The molecule has 1 aliphatic carbocycles. The number of nitrogens with one attached hydrogen (secondary N) is 1. The van der Waals surface area contributed by atoms with Crippen molar-refractivity contribution in [1.82, 2.24) is 0 Å². The van der Waals surface area contributed by atoms with E-state index in [9.17, 15) is 19.3 Å². The molecule has 0 aliphatic heterocycles. The number of nitro groups is 1. The Kier molecular flexibility index (Phi) is 7.38. The molecule has 0 aromatic heterocycles. The zero-order chi connectivity index (χ0) is 22.4. The summed E-state index contributed by atoms with van der Waals surface area (Å²) >= 11 is 0. The lowest BCUT2D eigenvalue weighted by Crippen LogP contribution is -3.07. The summed E-state index contributed by atoms with van der Waals surface area (Å²) in [6.45, 7) is 0.952. The SMILES string of the molecule is C[NH+](C)CC1(C[C@H](OC(=O)c2ccc([N+](=O)[O-])cc2)c2cccc(F)c2)CCCCC1. The molecule has 0 radical (unpaired) electrons. The van der Waals surface area contributed by atoms with Crippen LogP contribution < -0.4 is 4.90 Å². The van der Waals surface area contributed by atoms with Gasteiger partial charge < -0.3 is 9.64 Å². The van der Waals surface area contributed by atoms with Gasteiger partial charge in [-0.2, -0.15) is 0 Å². The van der Waals surface area contributed by atoms with Gasteiger partial charge in [-0.15, -0.1) is 0 Å². The zero-order valence-corrected chi connectivity index (χ0v) is 18.1. The van der Waals surface area contributed by atoms with Gasteiger partial charge in [-0.1, -0.05) is 31.4 Å². The fourth-order valence-corrected chi connectivity index (χ4v) is 4.75. The van der Waals surface area contributed by atoms with E-state index in [0.717, 1.165) is 32.2 Å². The Bertz CT molecular complexity index is 908. The first-order valence-electron chi connectivity index (χ1n) is 10.8. The van der Waals surface area contributed by atoms with Gasteiger partial charge in [-0.3, -0.25) is 10.1 Å². The first-order chi connectivity index (χ1) is 14.8. The molecule has 2 aromatic carbocycles. The smallest absolute Gasteiger partial charge is 0.338 e. The zero-order valence-electron chi connectivity index (χ0n) is 18.1. The molecule has 0 unspecified atom stereocenters. The number of quaternary nitrogens is 1. The molecule has 1 fully saturated rings. The van der Waals surface area contributed by atoms with Gasteiger partial charge in [0.05, 0.1) is 31.1 Å². The van der Waals surface area contributed by atoms with Gasteiger partial charge in [0, 0.05) is 17.5 Å². The Morgan fingerprint density at radius 1 is 1.16 bits per heavy atom.